The summed E-state index contributed by atoms with van der Waals surface area (Å²) in [6.07, 6.45) is 0.363. The summed E-state index contributed by atoms with van der Waals surface area (Å²) in [4.78, 5) is 19.3. The topological polar surface area (TPSA) is 89.7 Å². The van der Waals surface area contributed by atoms with Gasteiger partial charge >= 0.3 is 6.03 Å². The van der Waals surface area contributed by atoms with Crippen molar-refractivity contribution in [2.24, 2.45) is 0 Å². The van der Waals surface area contributed by atoms with Crippen LogP contribution in [0.5, 0.6) is 11.5 Å². The summed E-state index contributed by atoms with van der Waals surface area (Å²) in [6, 6.07) is 19.7. The fourth-order valence-electron chi connectivity index (χ4n) is 3.51. The third kappa shape index (κ3) is 6.27. The van der Waals surface area contributed by atoms with Crippen LogP contribution >= 0.6 is 23.2 Å². The highest BCUT2D eigenvalue weighted by Crippen LogP contribution is 2.31. The first kappa shape index (κ1) is 25.3. The fourth-order valence-corrected chi connectivity index (χ4v) is 3.81. The van der Waals surface area contributed by atoms with Gasteiger partial charge in [-0.05, 0) is 42.0 Å². The Morgan fingerprint density at radius 1 is 0.972 bits per heavy atom. The monoisotopic (exact) mass is 526 g/mol. The van der Waals surface area contributed by atoms with Gasteiger partial charge in [0.15, 0.2) is 11.5 Å². The second-order valence-electron chi connectivity index (χ2n) is 7.80. The molecule has 0 aliphatic heterocycles. The van der Waals surface area contributed by atoms with Gasteiger partial charge in [0.05, 0.1) is 24.3 Å². The molecule has 0 bridgehead atoms. The van der Waals surface area contributed by atoms with E-state index < -0.39 is 0 Å². The summed E-state index contributed by atoms with van der Waals surface area (Å²) in [5.41, 5.74) is 2.25. The molecule has 0 atom stereocenters. The number of benzene rings is 3. The number of urea groups is 1. The molecule has 0 fully saturated rings. The maximum atomic E-state index is 13.1. The van der Waals surface area contributed by atoms with Gasteiger partial charge in [-0.3, -0.25) is 0 Å². The highest BCUT2D eigenvalue weighted by molar-refractivity contribution is 6.42. The van der Waals surface area contributed by atoms with E-state index in [1.165, 1.54) is 0 Å². The first-order valence-corrected chi connectivity index (χ1v) is 11.8. The van der Waals surface area contributed by atoms with Crippen LogP contribution in [0.25, 0.3) is 11.4 Å². The second-order valence-corrected chi connectivity index (χ2v) is 8.61. The average Bonchev–Trinajstić information content (AvgIpc) is 3.38. The normalized spacial score (nSPS) is 10.7. The standard InChI is InChI=1S/C26H24Cl2N4O4/c1-34-22-11-8-18(14-23(22)35-2)25-30-24(36-31-25)12-13-32(16-17-6-4-3-5-7-17)26(33)29-19-9-10-20(27)21(28)15-19/h3-11,14-15H,12-13,16H2,1-2H3,(H,29,33). The molecule has 0 spiro atoms. The number of hydrogen-bond donors (Lipinski definition) is 1. The van der Waals surface area contributed by atoms with Crippen LogP contribution < -0.4 is 14.8 Å². The Bertz CT molecular complexity index is 1330. The Labute approximate surface area is 218 Å². The van der Waals surface area contributed by atoms with Gasteiger partial charge in [0.25, 0.3) is 0 Å². The minimum Gasteiger partial charge on any atom is -0.493 e. The number of nitrogens with one attached hydrogen (secondary N) is 1. The largest absolute Gasteiger partial charge is 0.493 e. The number of aromatic nitrogens is 2. The lowest BCUT2D eigenvalue weighted by atomic mass is 10.2. The van der Waals surface area contributed by atoms with Gasteiger partial charge in [0, 0.05) is 30.8 Å². The molecule has 0 saturated carbocycles. The molecule has 8 nitrogen and oxygen atoms in total. The number of halogens is 2. The summed E-state index contributed by atoms with van der Waals surface area (Å²) in [7, 11) is 3.14. The minimum atomic E-state index is -0.295. The maximum absolute atomic E-state index is 13.1. The van der Waals surface area contributed by atoms with Gasteiger partial charge < -0.3 is 24.2 Å². The molecule has 4 rings (SSSR count). The number of methoxy groups -OCH3 is 2. The lowest BCUT2D eigenvalue weighted by molar-refractivity contribution is 0.207. The van der Waals surface area contributed by atoms with Crippen LogP contribution in [0.3, 0.4) is 0 Å². The molecule has 4 aromatic rings. The molecular formula is C26H24Cl2N4O4. The molecule has 0 unspecified atom stereocenters. The first-order valence-electron chi connectivity index (χ1n) is 11.1. The molecule has 1 aromatic heterocycles. The van der Waals surface area contributed by atoms with Crippen molar-refractivity contribution in [2.75, 3.05) is 26.1 Å². The van der Waals surface area contributed by atoms with E-state index in [1.807, 2.05) is 36.4 Å². The number of hydrogen-bond acceptors (Lipinski definition) is 6. The molecule has 186 valence electrons. The van der Waals surface area contributed by atoms with Crippen molar-refractivity contribution in [3.63, 3.8) is 0 Å². The van der Waals surface area contributed by atoms with Crippen molar-refractivity contribution >= 4 is 34.9 Å². The van der Waals surface area contributed by atoms with E-state index in [2.05, 4.69) is 15.5 Å². The molecule has 36 heavy (non-hydrogen) atoms. The second kappa shape index (κ2) is 11.8. The smallest absolute Gasteiger partial charge is 0.322 e. The zero-order chi connectivity index (χ0) is 25.5. The van der Waals surface area contributed by atoms with Gasteiger partial charge in [-0.15, -0.1) is 0 Å². The third-order valence-corrected chi connectivity index (χ3v) is 6.12. The van der Waals surface area contributed by atoms with Gasteiger partial charge in [-0.25, -0.2) is 4.79 Å². The molecule has 10 heteroatoms. The maximum Gasteiger partial charge on any atom is 0.322 e. The van der Waals surface area contributed by atoms with Crippen LogP contribution in [0.4, 0.5) is 10.5 Å². The molecule has 0 aliphatic rings. The van der Waals surface area contributed by atoms with Crippen LogP contribution in [-0.4, -0.2) is 41.8 Å². The zero-order valence-corrected chi connectivity index (χ0v) is 21.2. The van der Waals surface area contributed by atoms with Crippen LogP contribution in [-0.2, 0) is 13.0 Å². The summed E-state index contributed by atoms with van der Waals surface area (Å²) in [5, 5.41) is 7.73. The third-order valence-electron chi connectivity index (χ3n) is 5.38. The number of nitrogens with zero attached hydrogens (tertiary/aromatic N) is 3. The van der Waals surface area contributed by atoms with Gasteiger partial charge in [-0.2, -0.15) is 4.98 Å². The number of carbonyl (C=O) groups excluding carboxylic acids is 1. The molecule has 0 aliphatic carbocycles. The number of rotatable bonds is 9. The fraction of sp³-hybridized carbons (Fsp3) is 0.192. The van der Waals surface area contributed by atoms with Crippen molar-refractivity contribution in [1.29, 1.82) is 0 Å². The summed E-state index contributed by atoms with van der Waals surface area (Å²) < 4.78 is 16.1. The van der Waals surface area contributed by atoms with E-state index in [0.29, 0.717) is 58.5 Å². The number of ether oxygens (including phenoxy) is 2. The lowest BCUT2D eigenvalue weighted by Gasteiger charge is -2.23. The molecule has 1 heterocycles. The van der Waals surface area contributed by atoms with Crippen molar-refractivity contribution in [2.45, 2.75) is 13.0 Å². The highest BCUT2D eigenvalue weighted by atomic mass is 35.5. The van der Waals surface area contributed by atoms with Crippen molar-refractivity contribution in [1.82, 2.24) is 15.0 Å². The molecule has 0 saturated heterocycles. The Balaban J connectivity index is 1.48. The van der Waals surface area contributed by atoms with E-state index >= 15 is 0 Å². The Morgan fingerprint density at radius 2 is 1.75 bits per heavy atom. The van der Waals surface area contributed by atoms with Crippen LogP contribution in [0.15, 0.2) is 71.3 Å². The van der Waals surface area contributed by atoms with E-state index in [1.54, 1.807) is 49.5 Å². The zero-order valence-electron chi connectivity index (χ0n) is 19.7. The van der Waals surface area contributed by atoms with E-state index in [4.69, 9.17) is 37.2 Å². The molecule has 1 N–H and O–H groups in total. The van der Waals surface area contributed by atoms with E-state index in [-0.39, 0.29) is 6.03 Å². The van der Waals surface area contributed by atoms with Crippen molar-refractivity contribution < 1.29 is 18.8 Å². The predicted molar refractivity (Wildman–Crippen MR) is 139 cm³/mol. The van der Waals surface area contributed by atoms with Crippen LogP contribution in [0.2, 0.25) is 10.0 Å². The molecule has 0 radical (unpaired) electrons. The quantitative estimate of drug-likeness (QED) is 0.273. The summed E-state index contributed by atoms with van der Waals surface area (Å²) >= 11 is 12.1. The lowest BCUT2D eigenvalue weighted by Crippen LogP contribution is -2.36. The van der Waals surface area contributed by atoms with Gasteiger partial charge in [0.1, 0.15) is 0 Å². The summed E-state index contributed by atoms with van der Waals surface area (Å²) in [6.45, 7) is 0.736. The number of anilines is 1. The summed E-state index contributed by atoms with van der Waals surface area (Å²) in [5.74, 6) is 1.99. The molecule has 3 aromatic carbocycles. The molecule has 2 amide bonds. The number of amides is 2. The first-order chi connectivity index (χ1) is 17.5. The molecular weight excluding hydrogens is 503 g/mol. The van der Waals surface area contributed by atoms with Crippen molar-refractivity contribution in [3.8, 4) is 22.9 Å². The number of carbonyl (C=O) groups is 1. The SMILES string of the molecule is COc1ccc(-c2noc(CCN(Cc3ccccc3)C(=O)Nc3ccc(Cl)c(Cl)c3)n2)cc1OC. The highest BCUT2D eigenvalue weighted by Gasteiger charge is 2.18. The van der Waals surface area contributed by atoms with Gasteiger partial charge in [0.2, 0.25) is 11.7 Å². The van der Waals surface area contributed by atoms with Crippen LogP contribution in [0, 0.1) is 0 Å². The Kier molecular flexibility index (Phi) is 8.30. The van der Waals surface area contributed by atoms with Crippen LogP contribution in [0.1, 0.15) is 11.5 Å². The van der Waals surface area contributed by atoms with E-state index in [0.717, 1.165) is 11.1 Å². The van der Waals surface area contributed by atoms with E-state index in [9.17, 15) is 4.79 Å². The predicted octanol–water partition coefficient (Wildman–Crippen LogP) is 6.34. The van der Waals surface area contributed by atoms with Gasteiger partial charge in [-0.1, -0.05) is 58.7 Å². The average molecular weight is 527 g/mol. The Morgan fingerprint density at radius 3 is 2.47 bits per heavy atom. The van der Waals surface area contributed by atoms with Crippen molar-refractivity contribution in [3.05, 3.63) is 88.2 Å². The Hall–Kier alpha value is -3.75. The minimum absolute atomic E-state index is 0.295.